The van der Waals surface area contributed by atoms with Crippen LogP contribution in [-0.4, -0.2) is 52.3 Å². The van der Waals surface area contributed by atoms with Crippen molar-refractivity contribution in [1.29, 1.82) is 0 Å². The van der Waals surface area contributed by atoms with Crippen LogP contribution in [0.1, 0.15) is 26.7 Å². The maximum Gasteiger partial charge on any atom is 0.243 e. The fourth-order valence-electron chi connectivity index (χ4n) is 3.33. The molecule has 2 aliphatic rings. The van der Waals surface area contributed by atoms with Gasteiger partial charge in [-0.05, 0) is 20.3 Å². The smallest absolute Gasteiger partial charge is 0.243 e. The van der Waals surface area contributed by atoms with Crippen molar-refractivity contribution >= 4 is 11.8 Å². The Bertz CT molecular complexity index is 500. The van der Waals surface area contributed by atoms with Crippen LogP contribution in [0, 0.1) is 11.8 Å². The van der Waals surface area contributed by atoms with E-state index in [1.807, 2.05) is 32.1 Å². The molecule has 4 unspecified atom stereocenters. The third-order valence-electron chi connectivity index (χ3n) is 4.62. The minimum absolute atomic E-state index is 0.00581. The number of carbonyl (C=O) groups is 2. The number of hydrogen-bond donors (Lipinski definition) is 3. The summed E-state index contributed by atoms with van der Waals surface area (Å²) in [6.45, 7) is 3.67. The molecule has 22 heavy (non-hydrogen) atoms. The Hall–Kier alpha value is -1.50. The number of allylic oxidation sites excluding steroid dienone is 2. The third kappa shape index (κ3) is 3.45. The number of carbonyl (C=O) groups excluding carboxylic acids is 2. The molecule has 1 heterocycles. The highest BCUT2D eigenvalue weighted by atomic mass is 16.3. The van der Waals surface area contributed by atoms with Gasteiger partial charge in [0.1, 0.15) is 0 Å². The van der Waals surface area contributed by atoms with Gasteiger partial charge in [0.05, 0.1) is 12.8 Å². The van der Waals surface area contributed by atoms with Crippen LogP contribution in [0.3, 0.4) is 0 Å². The number of hydrogen-bond acceptors (Lipinski definition) is 5. The number of piperidine rings is 1. The van der Waals surface area contributed by atoms with E-state index in [-0.39, 0.29) is 49.5 Å². The van der Waals surface area contributed by atoms with Gasteiger partial charge in [0.2, 0.25) is 11.8 Å². The molecule has 2 rings (SSSR count). The van der Waals surface area contributed by atoms with Gasteiger partial charge in [-0.25, -0.2) is 0 Å². The average molecular weight is 308 g/mol. The van der Waals surface area contributed by atoms with Gasteiger partial charge in [-0.15, -0.1) is 0 Å². The summed E-state index contributed by atoms with van der Waals surface area (Å²) >= 11 is 0. The highest BCUT2D eigenvalue weighted by molar-refractivity contribution is 6.00. The van der Waals surface area contributed by atoms with E-state index in [9.17, 15) is 19.8 Å². The molecular weight excluding hydrogens is 284 g/mol. The van der Waals surface area contributed by atoms with Crippen molar-refractivity contribution in [1.82, 2.24) is 10.2 Å². The van der Waals surface area contributed by atoms with Crippen LogP contribution in [-0.2, 0) is 9.59 Å². The maximum atomic E-state index is 12.0. The van der Waals surface area contributed by atoms with E-state index in [1.165, 1.54) is 0 Å². The number of imide groups is 1. The monoisotopic (exact) mass is 308 g/mol. The van der Waals surface area contributed by atoms with Crippen molar-refractivity contribution in [2.24, 2.45) is 11.8 Å². The van der Waals surface area contributed by atoms with E-state index in [0.29, 0.717) is 6.42 Å². The number of amides is 2. The maximum absolute atomic E-state index is 12.0. The van der Waals surface area contributed by atoms with Gasteiger partial charge in [-0.1, -0.05) is 23.8 Å². The third-order valence-corrected chi connectivity index (χ3v) is 4.62. The molecule has 1 aliphatic heterocycles. The van der Waals surface area contributed by atoms with Gasteiger partial charge in [0.25, 0.3) is 0 Å². The molecule has 0 aromatic carbocycles. The Morgan fingerprint density at radius 2 is 2.14 bits per heavy atom. The van der Waals surface area contributed by atoms with Crippen LogP contribution in [0.2, 0.25) is 0 Å². The first-order chi connectivity index (χ1) is 10.5. The fourth-order valence-corrected chi connectivity index (χ4v) is 3.33. The van der Waals surface area contributed by atoms with Crippen molar-refractivity contribution in [3.05, 3.63) is 23.8 Å². The molecule has 1 aliphatic carbocycles. The number of aliphatic hydroxyl groups excluding tert-OH is 2. The molecular formula is C16H24N2O4. The molecule has 6 heteroatoms. The SMILES string of the molecule is CC1=CC(CO)C(C(C)N(CO)C2CCC(=O)NC2=O)C=C1. The van der Waals surface area contributed by atoms with Crippen molar-refractivity contribution in [2.75, 3.05) is 13.3 Å². The predicted octanol–water partition coefficient (Wildman–Crippen LogP) is 0.173. The summed E-state index contributed by atoms with van der Waals surface area (Å²) in [6, 6.07) is -0.649. The van der Waals surface area contributed by atoms with Gasteiger partial charge < -0.3 is 10.2 Å². The van der Waals surface area contributed by atoms with E-state index in [0.717, 1.165) is 5.57 Å². The quantitative estimate of drug-likeness (QED) is 0.498. The second kappa shape index (κ2) is 7.17. The highest BCUT2D eigenvalue weighted by Crippen LogP contribution is 2.30. The molecule has 0 saturated carbocycles. The molecule has 0 aromatic rings. The topological polar surface area (TPSA) is 89.9 Å². The van der Waals surface area contributed by atoms with Crippen LogP contribution in [0.4, 0.5) is 0 Å². The first-order valence-corrected chi connectivity index (χ1v) is 7.65. The Labute approximate surface area is 130 Å². The van der Waals surface area contributed by atoms with Crippen molar-refractivity contribution in [3.8, 4) is 0 Å². The number of rotatable bonds is 5. The zero-order valence-corrected chi connectivity index (χ0v) is 13.0. The lowest BCUT2D eigenvalue weighted by molar-refractivity contribution is -0.140. The molecule has 6 nitrogen and oxygen atoms in total. The van der Waals surface area contributed by atoms with Crippen molar-refractivity contribution < 1.29 is 19.8 Å². The van der Waals surface area contributed by atoms with E-state index >= 15 is 0 Å². The van der Waals surface area contributed by atoms with Crippen LogP contribution in [0.15, 0.2) is 23.8 Å². The summed E-state index contributed by atoms with van der Waals surface area (Å²) in [5, 5.41) is 21.7. The molecule has 122 valence electrons. The van der Waals surface area contributed by atoms with Gasteiger partial charge in [0.15, 0.2) is 0 Å². The Balaban J connectivity index is 2.15. The van der Waals surface area contributed by atoms with Crippen LogP contribution in [0.25, 0.3) is 0 Å². The molecule has 0 bridgehead atoms. The summed E-state index contributed by atoms with van der Waals surface area (Å²) in [5.41, 5.74) is 1.10. The average Bonchev–Trinajstić information content (AvgIpc) is 2.49. The largest absolute Gasteiger partial charge is 0.396 e. The Kier molecular flexibility index (Phi) is 5.50. The number of aliphatic hydroxyl groups is 2. The standard InChI is InChI=1S/C16H24N2O4/c1-10-3-4-13(12(7-10)8-19)11(2)18(9-20)14-5-6-15(21)17-16(14)22/h3-4,7,11-14,19-20H,5-6,8-9H2,1-2H3,(H,17,21,22). The van der Waals surface area contributed by atoms with Crippen molar-refractivity contribution in [2.45, 2.75) is 38.8 Å². The second-order valence-corrected chi connectivity index (χ2v) is 6.06. The fraction of sp³-hybridized carbons (Fsp3) is 0.625. The first kappa shape index (κ1) is 16.9. The van der Waals surface area contributed by atoms with Crippen LogP contribution < -0.4 is 5.32 Å². The molecule has 0 aromatic heterocycles. The lowest BCUT2D eigenvalue weighted by Gasteiger charge is -2.40. The Morgan fingerprint density at radius 1 is 1.41 bits per heavy atom. The second-order valence-electron chi connectivity index (χ2n) is 6.06. The molecule has 0 radical (unpaired) electrons. The lowest BCUT2D eigenvalue weighted by Crippen LogP contribution is -2.57. The van der Waals surface area contributed by atoms with E-state index in [4.69, 9.17) is 0 Å². The van der Waals surface area contributed by atoms with Crippen LogP contribution in [0.5, 0.6) is 0 Å². The summed E-state index contributed by atoms with van der Waals surface area (Å²) in [6.07, 6.45) is 6.72. The highest BCUT2D eigenvalue weighted by Gasteiger charge is 2.37. The van der Waals surface area contributed by atoms with Gasteiger partial charge >= 0.3 is 0 Å². The van der Waals surface area contributed by atoms with Gasteiger partial charge in [-0.2, -0.15) is 0 Å². The molecule has 3 N–H and O–H groups in total. The van der Waals surface area contributed by atoms with Crippen molar-refractivity contribution in [3.63, 3.8) is 0 Å². The minimum Gasteiger partial charge on any atom is -0.396 e. The zero-order valence-electron chi connectivity index (χ0n) is 13.0. The summed E-state index contributed by atoms with van der Waals surface area (Å²) < 4.78 is 0. The van der Waals surface area contributed by atoms with E-state index in [2.05, 4.69) is 5.32 Å². The van der Waals surface area contributed by atoms with Gasteiger partial charge in [-0.3, -0.25) is 19.8 Å². The lowest BCUT2D eigenvalue weighted by atomic mass is 9.81. The summed E-state index contributed by atoms with van der Waals surface area (Å²) in [4.78, 5) is 25.0. The number of nitrogens with one attached hydrogen (secondary N) is 1. The normalized spacial score (nSPS) is 30.2. The minimum atomic E-state index is -0.516. The predicted molar refractivity (Wildman–Crippen MR) is 81.5 cm³/mol. The molecule has 2 amide bonds. The molecule has 1 fully saturated rings. The first-order valence-electron chi connectivity index (χ1n) is 7.65. The van der Waals surface area contributed by atoms with Gasteiger partial charge in [0, 0.05) is 30.9 Å². The summed E-state index contributed by atoms with van der Waals surface area (Å²) in [7, 11) is 0. The molecule has 0 spiro atoms. The number of nitrogens with zero attached hydrogens (tertiary/aromatic N) is 1. The van der Waals surface area contributed by atoms with Crippen LogP contribution >= 0.6 is 0 Å². The van der Waals surface area contributed by atoms with E-state index in [1.54, 1.807) is 4.90 Å². The zero-order chi connectivity index (χ0) is 16.3. The molecule has 4 atom stereocenters. The molecule has 1 saturated heterocycles. The Morgan fingerprint density at radius 3 is 2.73 bits per heavy atom. The summed E-state index contributed by atoms with van der Waals surface area (Å²) in [5.74, 6) is -0.658. The van der Waals surface area contributed by atoms with E-state index < -0.39 is 6.04 Å².